The van der Waals surface area contributed by atoms with Crippen LogP contribution in [0.25, 0.3) is 0 Å². The highest BCUT2D eigenvalue weighted by molar-refractivity contribution is 5.92. The molecule has 0 spiro atoms. The molecule has 0 fully saturated rings. The first-order valence-corrected chi connectivity index (χ1v) is 6.04. The van der Waals surface area contributed by atoms with Crippen LogP contribution in [-0.2, 0) is 0 Å². The van der Waals surface area contributed by atoms with Crippen molar-refractivity contribution in [2.75, 3.05) is 7.05 Å². The number of hydrogen-bond donors (Lipinski definition) is 1. The second-order valence-corrected chi connectivity index (χ2v) is 4.26. The Bertz CT molecular complexity index is 609. The fourth-order valence-corrected chi connectivity index (χ4v) is 1.69. The summed E-state index contributed by atoms with van der Waals surface area (Å²) in [6.07, 6.45) is 1.56. The standard InChI is InChI=1S/C15H16N2O2/c1-10-5-4-6-14(11(10)2)19-12-7-8-17-13(9-12)15(18)16-3/h4-9H,1-3H3,(H,16,18). The second-order valence-electron chi connectivity index (χ2n) is 4.26. The van der Waals surface area contributed by atoms with Gasteiger partial charge < -0.3 is 10.1 Å². The van der Waals surface area contributed by atoms with E-state index in [0.29, 0.717) is 11.4 Å². The Morgan fingerprint density at radius 2 is 2.05 bits per heavy atom. The van der Waals surface area contributed by atoms with Crippen LogP contribution in [0.2, 0.25) is 0 Å². The topological polar surface area (TPSA) is 51.2 Å². The molecule has 0 radical (unpaired) electrons. The summed E-state index contributed by atoms with van der Waals surface area (Å²) in [5.41, 5.74) is 2.59. The van der Waals surface area contributed by atoms with Crippen molar-refractivity contribution in [2.24, 2.45) is 0 Å². The van der Waals surface area contributed by atoms with Crippen molar-refractivity contribution in [2.45, 2.75) is 13.8 Å². The van der Waals surface area contributed by atoms with Crippen LogP contribution in [0.4, 0.5) is 0 Å². The van der Waals surface area contributed by atoms with E-state index in [1.54, 1.807) is 25.4 Å². The summed E-state index contributed by atoms with van der Waals surface area (Å²) in [7, 11) is 1.57. The number of nitrogens with one attached hydrogen (secondary N) is 1. The average molecular weight is 256 g/mol. The summed E-state index contributed by atoms with van der Waals surface area (Å²) in [5, 5.41) is 2.54. The molecule has 1 aromatic carbocycles. The highest BCUT2D eigenvalue weighted by atomic mass is 16.5. The summed E-state index contributed by atoms with van der Waals surface area (Å²) in [6, 6.07) is 9.24. The van der Waals surface area contributed by atoms with Crippen LogP contribution >= 0.6 is 0 Å². The average Bonchev–Trinajstić information content (AvgIpc) is 2.43. The summed E-state index contributed by atoms with van der Waals surface area (Å²) in [4.78, 5) is 15.5. The second kappa shape index (κ2) is 5.52. The van der Waals surface area contributed by atoms with Crippen molar-refractivity contribution in [1.29, 1.82) is 0 Å². The van der Waals surface area contributed by atoms with Gasteiger partial charge in [-0.05, 0) is 37.1 Å². The Hall–Kier alpha value is -2.36. The van der Waals surface area contributed by atoms with Crippen LogP contribution in [0.1, 0.15) is 21.6 Å². The van der Waals surface area contributed by atoms with Crippen LogP contribution in [0.5, 0.6) is 11.5 Å². The minimum atomic E-state index is -0.230. The third-order valence-corrected chi connectivity index (χ3v) is 2.97. The number of pyridine rings is 1. The number of carbonyl (C=O) groups is 1. The van der Waals surface area contributed by atoms with Gasteiger partial charge in [0.05, 0.1) is 0 Å². The molecule has 0 aliphatic rings. The molecule has 1 N–H and O–H groups in total. The minimum absolute atomic E-state index is 0.230. The van der Waals surface area contributed by atoms with Gasteiger partial charge in [-0.25, -0.2) is 0 Å². The fourth-order valence-electron chi connectivity index (χ4n) is 1.69. The van der Waals surface area contributed by atoms with E-state index in [4.69, 9.17) is 4.74 Å². The lowest BCUT2D eigenvalue weighted by molar-refractivity contribution is 0.0958. The number of carbonyl (C=O) groups excluding carboxylic acids is 1. The molecule has 4 heteroatoms. The van der Waals surface area contributed by atoms with E-state index in [2.05, 4.69) is 10.3 Å². The number of nitrogens with zero attached hydrogens (tertiary/aromatic N) is 1. The molecule has 0 saturated carbocycles. The number of rotatable bonds is 3. The van der Waals surface area contributed by atoms with Gasteiger partial charge in [0.15, 0.2) is 0 Å². The summed E-state index contributed by atoms with van der Waals surface area (Å²) in [5.74, 6) is 1.16. The summed E-state index contributed by atoms with van der Waals surface area (Å²) >= 11 is 0. The molecule has 2 aromatic rings. The van der Waals surface area contributed by atoms with E-state index in [1.165, 1.54) is 0 Å². The lowest BCUT2D eigenvalue weighted by atomic mass is 10.1. The zero-order valence-corrected chi connectivity index (χ0v) is 11.2. The Morgan fingerprint density at radius 1 is 1.26 bits per heavy atom. The van der Waals surface area contributed by atoms with E-state index in [0.717, 1.165) is 16.9 Å². The SMILES string of the molecule is CNC(=O)c1cc(Oc2cccc(C)c2C)ccn1. The molecule has 0 aliphatic carbocycles. The third-order valence-electron chi connectivity index (χ3n) is 2.97. The first-order valence-electron chi connectivity index (χ1n) is 6.04. The van der Waals surface area contributed by atoms with Crippen molar-refractivity contribution in [3.63, 3.8) is 0 Å². The molecule has 0 aliphatic heterocycles. The first-order chi connectivity index (χ1) is 9.11. The number of hydrogen-bond acceptors (Lipinski definition) is 3. The maximum atomic E-state index is 11.5. The molecule has 1 heterocycles. The van der Waals surface area contributed by atoms with Crippen molar-refractivity contribution in [3.05, 3.63) is 53.3 Å². The van der Waals surface area contributed by atoms with Crippen LogP contribution in [0.3, 0.4) is 0 Å². The van der Waals surface area contributed by atoms with Gasteiger partial charge in [-0.1, -0.05) is 12.1 Å². The van der Waals surface area contributed by atoms with E-state index in [9.17, 15) is 4.79 Å². The Labute approximate surface area is 112 Å². The molecule has 0 bridgehead atoms. The normalized spacial score (nSPS) is 10.1. The smallest absolute Gasteiger partial charge is 0.269 e. The molecule has 0 saturated heterocycles. The van der Waals surface area contributed by atoms with Gasteiger partial charge >= 0.3 is 0 Å². The summed E-state index contributed by atoms with van der Waals surface area (Å²) in [6.45, 7) is 4.04. The van der Waals surface area contributed by atoms with Gasteiger partial charge in [-0.2, -0.15) is 0 Å². The lowest BCUT2D eigenvalue weighted by Gasteiger charge is -2.10. The third kappa shape index (κ3) is 2.91. The largest absolute Gasteiger partial charge is 0.457 e. The number of amides is 1. The maximum absolute atomic E-state index is 11.5. The molecular weight excluding hydrogens is 240 g/mol. The minimum Gasteiger partial charge on any atom is -0.457 e. The quantitative estimate of drug-likeness (QED) is 0.918. The monoisotopic (exact) mass is 256 g/mol. The predicted molar refractivity (Wildman–Crippen MR) is 73.6 cm³/mol. The molecule has 2 rings (SSSR count). The summed E-state index contributed by atoms with van der Waals surface area (Å²) < 4.78 is 5.81. The Balaban J connectivity index is 2.28. The maximum Gasteiger partial charge on any atom is 0.269 e. The van der Waals surface area contributed by atoms with Gasteiger partial charge in [0, 0.05) is 19.3 Å². The van der Waals surface area contributed by atoms with Gasteiger partial charge in [0.1, 0.15) is 17.2 Å². The van der Waals surface area contributed by atoms with E-state index in [1.807, 2.05) is 32.0 Å². The number of benzene rings is 1. The van der Waals surface area contributed by atoms with E-state index >= 15 is 0 Å². The zero-order chi connectivity index (χ0) is 13.8. The Kier molecular flexibility index (Phi) is 3.80. The molecular formula is C15H16N2O2. The van der Waals surface area contributed by atoms with Gasteiger partial charge in [0.2, 0.25) is 0 Å². The van der Waals surface area contributed by atoms with Crippen LogP contribution < -0.4 is 10.1 Å². The lowest BCUT2D eigenvalue weighted by Crippen LogP contribution is -2.18. The van der Waals surface area contributed by atoms with Gasteiger partial charge in [-0.15, -0.1) is 0 Å². The predicted octanol–water partition coefficient (Wildman–Crippen LogP) is 2.85. The number of aryl methyl sites for hydroxylation is 1. The zero-order valence-electron chi connectivity index (χ0n) is 11.2. The van der Waals surface area contributed by atoms with Crippen molar-refractivity contribution < 1.29 is 9.53 Å². The molecule has 19 heavy (non-hydrogen) atoms. The van der Waals surface area contributed by atoms with Crippen LogP contribution in [0, 0.1) is 13.8 Å². The molecule has 98 valence electrons. The molecule has 0 unspecified atom stereocenters. The fraction of sp³-hybridized carbons (Fsp3) is 0.200. The van der Waals surface area contributed by atoms with Gasteiger partial charge in [0.25, 0.3) is 5.91 Å². The Morgan fingerprint density at radius 3 is 2.79 bits per heavy atom. The van der Waals surface area contributed by atoms with Gasteiger partial charge in [-0.3, -0.25) is 9.78 Å². The van der Waals surface area contributed by atoms with E-state index in [-0.39, 0.29) is 5.91 Å². The van der Waals surface area contributed by atoms with Crippen molar-refractivity contribution >= 4 is 5.91 Å². The van der Waals surface area contributed by atoms with Crippen LogP contribution in [-0.4, -0.2) is 17.9 Å². The molecule has 1 amide bonds. The highest BCUT2D eigenvalue weighted by Crippen LogP contribution is 2.26. The number of aromatic nitrogens is 1. The first kappa shape index (κ1) is 13.1. The van der Waals surface area contributed by atoms with Crippen molar-refractivity contribution in [1.82, 2.24) is 10.3 Å². The van der Waals surface area contributed by atoms with Crippen LogP contribution in [0.15, 0.2) is 36.5 Å². The van der Waals surface area contributed by atoms with Crippen molar-refractivity contribution in [3.8, 4) is 11.5 Å². The van der Waals surface area contributed by atoms with E-state index < -0.39 is 0 Å². The molecule has 4 nitrogen and oxygen atoms in total. The highest BCUT2D eigenvalue weighted by Gasteiger charge is 2.08. The molecule has 0 atom stereocenters. The number of ether oxygens (including phenoxy) is 1. The molecule has 1 aromatic heterocycles.